The lowest BCUT2D eigenvalue weighted by molar-refractivity contribution is -0.144. The zero-order valence-electron chi connectivity index (χ0n) is 17.9. The van der Waals surface area contributed by atoms with E-state index < -0.39 is 23.0 Å². The first-order chi connectivity index (χ1) is 14.6. The fraction of sp³-hybridized carbons (Fsp3) is 0.478. The maximum atomic E-state index is 13.3. The number of likely N-dealkylation sites (N-methyl/N-ethyl adjacent to an activating group) is 1. The van der Waals surface area contributed by atoms with E-state index in [1.54, 1.807) is 25.8 Å². The summed E-state index contributed by atoms with van der Waals surface area (Å²) in [7, 11) is 1.76. The Balaban J connectivity index is 1.73. The van der Waals surface area contributed by atoms with E-state index >= 15 is 0 Å². The fourth-order valence-corrected chi connectivity index (χ4v) is 4.01. The van der Waals surface area contributed by atoms with Crippen molar-refractivity contribution in [3.8, 4) is 5.88 Å². The number of benzene rings is 1. The lowest BCUT2D eigenvalue weighted by Crippen LogP contribution is -2.53. The summed E-state index contributed by atoms with van der Waals surface area (Å²) in [6.07, 6.45) is -2.55. The van der Waals surface area contributed by atoms with Crippen molar-refractivity contribution in [2.45, 2.75) is 38.4 Å². The second kappa shape index (κ2) is 9.26. The number of nitrogens with zero attached hydrogens (tertiary/aromatic N) is 2. The SMILES string of the molecule is CN(C(=O)C(C)(C)COc1ncccc1C(F)(F)F)[C@@H]1CCNC[C@H]1c1ccccc1. The van der Waals surface area contributed by atoms with Crippen LogP contribution in [0.5, 0.6) is 5.88 Å². The zero-order chi connectivity index (χ0) is 22.6. The summed E-state index contributed by atoms with van der Waals surface area (Å²) in [5.41, 5.74) is -0.827. The van der Waals surface area contributed by atoms with Crippen molar-refractivity contribution in [3.63, 3.8) is 0 Å². The van der Waals surface area contributed by atoms with E-state index in [-0.39, 0.29) is 24.5 Å². The maximum absolute atomic E-state index is 13.3. The van der Waals surface area contributed by atoms with Crippen LogP contribution in [0.1, 0.15) is 37.3 Å². The van der Waals surface area contributed by atoms with Gasteiger partial charge in [-0.3, -0.25) is 4.79 Å². The molecule has 1 N–H and O–H groups in total. The van der Waals surface area contributed by atoms with Crippen molar-refractivity contribution < 1.29 is 22.7 Å². The molecule has 0 bridgehead atoms. The van der Waals surface area contributed by atoms with Gasteiger partial charge in [0.1, 0.15) is 12.2 Å². The largest absolute Gasteiger partial charge is 0.476 e. The highest BCUT2D eigenvalue weighted by Gasteiger charge is 2.40. The summed E-state index contributed by atoms with van der Waals surface area (Å²) in [5.74, 6) is -0.555. The Kier molecular flexibility index (Phi) is 6.89. The standard InChI is InChI=1S/C23H28F3N3O2/c1-22(2,15-31-20-18(23(24,25)26)10-7-12-28-20)21(30)29(3)19-11-13-27-14-17(19)16-8-5-4-6-9-16/h4-10,12,17,19,27H,11,13-15H2,1-3H3/t17-,19+/m0/s1. The molecule has 2 heterocycles. The Labute approximate surface area is 180 Å². The van der Waals surface area contributed by atoms with Crippen LogP contribution in [0.25, 0.3) is 0 Å². The Hall–Kier alpha value is -2.61. The third-order valence-electron chi connectivity index (χ3n) is 5.72. The molecule has 0 aliphatic carbocycles. The predicted octanol–water partition coefficient (Wildman–Crippen LogP) is 4.11. The van der Waals surface area contributed by atoms with E-state index in [9.17, 15) is 18.0 Å². The Morgan fingerprint density at radius 3 is 2.58 bits per heavy atom. The van der Waals surface area contributed by atoms with Crippen LogP contribution < -0.4 is 10.1 Å². The van der Waals surface area contributed by atoms with Gasteiger partial charge in [0.2, 0.25) is 11.8 Å². The number of carbonyl (C=O) groups is 1. The minimum Gasteiger partial charge on any atom is -0.476 e. The highest BCUT2D eigenvalue weighted by atomic mass is 19.4. The van der Waals surface area contributed by atoms with Crippen molar-refractivity contribution >= 4 is 5.91 Å². The summed E-state index contributed by atoms with van der Waals surface area (Å²) in [4.78, 5) is 18.8. The van der Waals surface area contributed by atoms with Crippen molar-refractivity contribution in [1.29, 1.82) is 0 Å². The van der Waals surface area contributed by atoms with Crippen molar-refractivity contribution in [3.05, 3.63) is 59.8 Å². The molecular formula is C23H28F3N3O2. The van der Waals surface area contributed by atoms with Crippen LogP contribution >= 0.6 is 0 Å². The van der Waals surface area contributed by atoms with E-state index in [2.05, 4.69) is 22.4 Å². The first-order valence-corrected chi connectivity index (χ1v) is 10.3. The van der Waals surface area contributed by atoms with E-state index in [4.69, 9.17) is 4.74 Å². The van der Waals surface area contributed by atoms with Crippen LogP contribution in [0.4, 0.5) is 13.2 Å². The quantitative estimate of drug-likeness (QED) is 0.742. The molecule has 1 aliphatic rings. The smallest absolute Gasteiger partial charge is 0.421 e. The number of alkyl halides is 3. The lowest BCUT2D eigenvalue weighted by Gasteiger charge is -2.41. The van der Waals surface area contributed by atoms with Gasteiger partial charge in [0.25, 0.3) is 0 Å². The number of piperidine rings is 1. The predicted molar refractivity (Wildman–Crippen MR) is 112 cm³/mol. The van der Waals surface area contributed by atoms with Crippen LogP contribution in [-0.4, -0.2) is 48.6 Å². The molecule has 1 saturated heterocycles. The van der Waals surface area contributed by atoms with Crippen molar-refractivity contribution in [2.75, 3.05) is 26.7 Å². The normalized spacial score (nSPS) is 19.7. The molecule has 2 atom stereocenters. The summed E-state index contributed by atoms with van der Waals surface area (Å²) in [6, 6.07) is 12.1. The number of pyridine rings is 1. The van der Waals surface area contributed by atoms with Gasteiger partial charge in [0, 0.05) is 31.7 Å². The van der Waals surface area contributed by atoms with Crippen LogP contribution in [0.3, 0.4) is 0 Å². The monoisotopic (exact) mass is 435 g/mol. The molecule has 8 heteroatoms. The number of carbonyl (C=O) groups excluding carboxylic acids is 1. The van der Waals surface area contributed by atoms with Gasteiger partial charge >= 0.3 is 6.18 Å². The molecule has 2 aromatic rings. The molecule has 168 valence electrons. The zero-order valence-corrected chi connectivity index (χ0v) is 17.9. The third kappa shape index (κ3) is 5.36. The molecule has 1 aromatic carbocycles. The number of amides is 1. The molecule has 1 amide bonds. The highest BCUT2D eigenvalue weighted by molar-refractivity contribution is 5.82. The minimum absolute atomic E-state index is 0.0176. The molecule has 0 spiro atoms. The Morgan fingerprint density at radius 1 is 1.19 bits per heavy atom. The van der Waals surface area contributed by atoms with Crippen LogP contribution in [0, 0.1) is 5.41 Å². The average molecular weight is 435 g/mol. The third-order valence-corrected chi connectivity index (χ3v) is 5.72. The van der Waals surface area contributed by atoms with Gasteiger partial charge in [-0.25, -0.2) is 4.98 Å². The Bertz CT molecular complexity index is 887. The van der Waals surface area contributed by atoms with Crippen molar-refractivity contribution in [2.24, 2.45) is 5.41 Å². The topological polar surface area (TPSA) is 54.5 Å². The van der Waals surface area contributed by atoms with Crippen LogP contribution in [0.2, 0.25) is 0 Å². The Morgan fingerprint density at radius 2 is 1.90 bits per heavy atom. The fourth-order valence-electron chi connectivity index (χ4n) is 4.01. The van der Waals surface area contributed by atoms with Crippen molar-refractivity contribution in [1.82, 2.24) is 15.2 Å². The van der Waals surface area contributed by atoms with Gasteiger partial charge < -0.3 is 15.0 Å². The molecule has 31 heavy (non-hydrogen) atoms. The van der Waals surface area contributed by atoms with Gasteiger partial charge in [0.05, 0.1) is 5.41 Å². The number of hydrogen-bond acceptors (Lipinski definition) is 4. The molecule has 1 aromatic heterocycles. The second-order valence-electron chi connectivity index (χ2n) is 8.52. The summed E-state index contributed by atoms with van der Waals surface area (Å²) in [6.45, 7) is 4.70. The highest BCUT2D eigenvalue weighted by Crippen LogP contribution is 2.36. The number of ether oxygens (including phenoxy) is 1. The van der Waals surface area contributed by atoms with Crippen LogP contribution in [-0.2, 0) is 11.0 Å². The first kappa shape index (κ1) is 23.1. The lowest BCUT2D eigenvalue weighted by atomic mass is 9.84. The van der Waals surface area contributed by atoms with E-state index in [1.807, 2.05) is 18.2 Å². The molecule has 0 radical (unpaired) electrons. The molecule has 1 aliphatic heterocycles. The van der Waals surface area contributed by atoms with Gasteiger partial charge in [-0.2, -0.15) is 13.2 Å². The van der Waals surface area contributed by atoms with E-state index in [0.29, 0.717) is 0 Å². The van der Waals surface area contributed by atoms with Gasteiger partial charge in [-0.1, -0.05) is 30.3 Å². The molecule has 5 nitrogen and oxygen atoms in total. The average Bonchev–Trinajstić information content (AvgIpc) is 2.77. The molecule has 1 fully saturated rings. The van der Waals surface area contributed by atoms with Gasteiger partial charge in [0.15, 0.2) is 0 Å². The van der Waals surface area contributed by atoms with E-state index in [1.165, 1.54) is 12.3 Å². The summed E-state index contributed by atoms with van der Waals surface area (Å²) < 4.78 is 45.0. The number of halogens is 3. The maximum Gasteiger partial charge on any atom is 0.421 e. The second-order valence-corrected chi connectivity index (χ2v) is 8.52. The number of aromatic nitrogens is 1. The molecule has 0 saturated carbocycles. The first-order valence-electron chi connectivity index (χ1n) is 10.3. The number of rotatable bonds is 6. The van der Waals surface area contributed by atoms with Gasteiger partial charge in [-0.15, -0.1) is 0 Å². The molecule has 0 unspecified atom stereocenters. The molecular weight excluding hydrogens is 407 g/mol. The molecule has 3 rings (SSSR count). The summed E-state index contributed by atoms with van der Waals surface area (Å²) in [5, 5.41) is 3.39. The number of nitrogens with one attached hydrogen (secondary N) is 1. The van der Waals surface area contributed by atoms with Gasteiger partial charge in [-0.05, 0) is 44.5 Å². The van der Waals surface area contributed by atoms with Crippen LogP contribution in [0.15, 0.2) is 48.7 Å². The number of hydrogen-bond donors (Lipinski definition) is 1. The minimum atomic E-state index is -4.58. The van der Waals surface area contributed by atoms with E-state index in [0.717, 1.165) is 31.1 Å². The summed E-state index contributed by atoms with van der Waals surface area (Å²) >= 11 is 0.